The number of nitrogens with zero attached hydrogens (tertiary/aromatic N) is 3. The fourth-order valence-electron chi connectivity index (χ4n) is 3.29. The lowest BCUT2D eigenvalue weighted by Crippen LogP contribution is -2.35. The third-order valence-electron chi connectivity index (χ3n) is 4.78. The first-order valence-electron chi connectivity index (χ1n) is 8.85. The third-order valence-corrected chi connectivity index (χ3v) is 6.53. The SMILES string of the molecule is Cc1ccc(-c2noc(CN(Cc3ccco3)[C@H]3CCS(=O)(=O)C3)n2)cc1. The number of hydrogen-bond acceptors (Lipinski definition) is 7. The molecule has 1 fully saturated rings. The van der Waals surface area contributed by atoms with Gasteiger partial charge in [0, 0.05) is 11.6 Å². The second-order valence-electron chi connectivity index (χ2n) is 6.92. The molecule has 0 saturated carbocycles. The molecule has 1 saturated heterocycles. The van der Waals surface area contributed by atoms with Crippen molar-refractivity contribution in [1.29, 1.82) is 0 Å². The maximum Gasteiger partial charge on any atom is 0.241 e. The molecule has 0 unspecified atom stereocenters. The molecule has 1 aliphatic heterocycles. The molecule has 1 aliphatic rings. The molecule has 0 spiro atoms. The van der Waals surface area contributed by atoms with E-state index in [2.05, 4.69) is 10.1 Å². The van der Waals surface area contributed by atoms with Crippen LogP contribution in [-0.2, 0) is 22.9 Å². The summed E-state index contributed by atoms with van der Waals surface area (Å²) in [4.78, 5) is 6.53. The minimum absolute atomic E-state index is 0.0881. The van der Waals surface area contributed by atoms with Crippen LogP contribution in [0, 0.1) is 6.92 Å². The van der Waals surface area contributed by atoms with Crippen molar-refractivity contribution < 1.29 is 17.4 Å². The van der Waals surface area contributed by atoms with Gasteiger partial charge in [-0.3, -0.25) is 4.90 Å². The zero-order valence-electron chi connectivity index (χ0n) is 15.0. The first kappa shape index (κ1) is 17.9. The Morgan fingerprint density at radius 1 is 1.19 bits per heavy atom. The molecule has 0 N–H and O–H groups in total. The summed E-state index contributed by atoms with van der Waals surface area (Å²) in [6.45, 7) is 2.89. The third kappa shape index (κ3) is 4.28. The maximum absolute atomic E-state index is 11.9. The predicted octanol–water partition coefficient (Wildman–Crippen LogP) is 2.83. The summed E-state index contributed by atoms with van der Waals surface area (Å²) < 4.78 is 34.7. The Morgan fingerprint density at radius 2 is 2.00 bits per heavy atom. The molecular formula is C19H21N3O4S. The first-order valence-corrected chi connectivity index (χ1v) is 10.7. The Balaban J connectivity index is 1.53. The van der Waals surface area contributed by atoms with Crippen LogP contribution in [0.25, 0.3) is 11.4 Å². The number of aryl methyl sites for hydroxylation is 1. The monoisotopic (exact) mass is 387 g/mol. The number of furan rings is 1. The average Bonchev–Trinajstić information content (AvgIpc) is 3.36. The van der Waals surface area contributed by atoms with E-state index >= 15 is 0 Å². The number of benzene rings is 1. The van der Waals surface area contributed by atoms with Gasteiger partial charge in [-0.05, 0) is 25.5 Å². The average molecular weight is 387 g/mol. The van der Waals surface area contributed by atoms with Crippen LogP contribution in [-0.4, -0.2) is 41.0 Å². The molecule has 0 bridgehead atoms. The van der Waals surface area contributed by atoms with Crippen molar-refractivity contribution in [1.82, 2.24) is 15.0 Å². The number of rotatable bonds is 6. The van der Waals surface area contributed by atoms with E-state index in [0.29, 0.717) is 31.2 Å². The van der Waals surface area contributed by atoms with E-state index in [1.165, 1.54) is 0 Å². The largest absolute Gasteiger partial charge is 0.468 e. The van der Waals surface area contributed by atoms with E-state index in [9.17, 15) is 8.42 Å². The summed E-state index contributed by atoms with van der Waals surface area (Å²) in [5.74, 6) is 2.12. The highest BCUT2D eigenvalue weighted by molar-refractivity contribution is 7.91. The molecule has 0 radical (unpaired) electrons. The van der Waals surface area contributed by atoms with Crippen LogP contribution in [0.1, 0.15) is 23.6 Å². The topological polar surface area (TPSA) is 89.4 Å². The van der Waals surface area contributed by atoms with Crippen LogP contribution in [0.15, 0.2) is 51.6 Å². The highest BCUT2D eigenvalue weighted by atomic mass is 32.2. The molecule has 8 heteroatoms. The standard InChI is InChI=1S/C19H21N3O4S/c1-14-4-6-15(7-5-14)19-20-18(26-21-19)12-22(11-17-3-2-9-25-17)16-8-10-27(23,24)13-16/h2-7,9,16H,8,10-13H2,1H3/t16-/m0/s1. The molecule has 2 aromatic heterocycles. The summed E-state index contributed by atoms with van der Waals surface area (Å²) in [5.41, 5.74) is 2.05. The van der Waals surface area contributed by atoms with Gasteiger partial charge in [-0.25, -0.2) is 8.42 Å². The Hall–Kier alpha value is -2.45. The molecule has 1 aromatic carbocycles. The quantitative estimate of drug-likeness (QED) is 0.642. The fourth-order valence-corrected chi connectivity index (χ4v) is 5.05. The van der Waals surface area contributed by atoms with Gasteiger partial charge in [0.2, 0.25) is 11.7 Å². The molecule has 0 amide bonds. The van der Waals surface area contributed by atoms with Gasteiger partial charge in [0.1, 0.15) is 5.76 Å². The molecule has 27 heavy (non-hydrogen) atoms. The lowest BCUT2D eigenvalue weighted by Gasteiger charge is -2.25. The van der Waals surface area contributed by atoms with E-state index in [1.54, 1.807) is 6.26 Å². The van der Waals surface area contributed by atoms with Gasteiger partial charge in [-0.15, -0.1) is 0 Å². The highest BCUT2D eigenvalue weighted by Gasteiger charge is 2.33. The van der Waals surface area contributed by atoms with Crippen molar-refractivity contribution in [3.63, 3.8) is 0 Å². The van der Waals surface area contributed by atoms with Gasteiger partial charge in [0.25, 0.3) is 0 Å². The van der Waals surface area contributed by atoms with E-state index in [0.717, 1.165) is 16.9 Å². The van der Waals surface area contributed by atoms with E-state index in [4.69, 9.17) is 8.94 Å². The predicted molar refractivity (Wildman–Crippen MR) is 99.5 cm³/mol. The van der Waals surface area contributed by atoms with Crippen LogP contribution in [0.5, 0.6) is 0 Å². The lowest BCUT2D eigenvalue weighted by atomic mass is 10.1. The Morgan fingerprint density at radius 3 is 2.67 bits per heavy atom. The fraction of sp³-hybridized carbons (Fsp3) is 0.368. The Labute approximate surface area is 157 Å². The minimum atomic E-state index is -2.99. The molecule has 4 rings (SSSR count). The molecule has 1 atom stereocenters. The maximum atomic E-state index is 11.9. The number of hydrogen-bond donors (Lipinski definition) is 0. The smallest absolute Gasteiger partial charge is 0.241 e. The summed E-state index contributed by atoms with van der Waals surface area (Å²) in [7, 11) is -2.99. The normalized spacial score (nSPS) is 19.0. The minimum Gasteiger partial charge on any atom is -0.468 e. The van der Waals surface area contributed by atoms with Crippen LogP contribution in [0.2, 0.25) is 0 Å². The summed E-state index contributed by atoms with van der Waals surface area (Å²) in [6, 6.07) is 11.5. The number of aromatic nitrogens is 2. The molecule has 0 aliphatic carbocycles. The van der Waals surface area contributed by atoms with Crippen molar-refractivity contribution in [2.45, 2.75) is 32.5 Å². The summed E-state index contributed by atoms with van der Waals surface area (Å²) in [5, 5.41) is 4.07. The van der Waals surface area contributed by atoms with E-state index < -0.39 is 9.84 Å². The van der Waals surface area contributed by atoms with Crippen molar-refractivity contribution >= 4 is 9.84 Å². The van der Waals surface area contributed by atoms with Gasteiger partial charge in [0.15, 0.2) is 9.84 Å². The van der Waals surface area contributed by atoms with Crippen LogP contribution < -0.4 is 0 Å². The summed E-state index contributed by atoms with van der Waals surface area (Å²) >= 11 is 0. The zero-order chi connectivity index (χ0) is 18.9. The Bertz CT molecular complexity index is 994. The first-order chi connectivity index (χ1) is 13.0. The summed E-state index contributed by atoms with van der Waals surface area (Å²) in [6.07, 6.45) is 2.21. The molecule has 3 heterocycles. The van der Waals surface area contributed by atoms with Gasteiger partial charge >= 0.3 is 0 Å². The van der Waals surface area contributed by atoms with Crippen LogP contribution >= 0.6 is 0 Å². The van der Waals surface area contributed by atoms with Crippen molar-refractivity contribution in [2.24, 2.45) is 0 Å². The van der Waals surface area contributed by atoms with E-state index in [1.807, 2.05) is 48.2 Å². The molecule has 7 nitrogen and oxygen atoms in total. The van der Waals surface area contributed by atoms with Crippen LogP contribution in [0.4, 0.5) is 0 Å². The second-order valence-corrected chi connectivity index (χ2v) is 9.15. The Kier molecular flexibility index (Phi) is 4.84. The van der Waals surface area contributed by atoms with Gasteiger partial charge in [-0.1, -0.05) is 35.0 Å². The molecule has 142 valence electrons. The second kappa shape index (κ2) is 7.28. The van der Waals surface area contributed by atoms with Crippen molar-refractivity contribution in [2.75, 3.05) is 11.5 Å². The lowest BCUT2D eigenvalue weighted by molar-refractivity contribution is 0.157. The van der Waals surface area contributed by atoms with Crippen molar-refractivity contribution in [3.8, 4) is 11.4 Å². The van der Waals surface area contributed by atoms with Gasteiger partial charge in [0.05, 0.1) is 30.9 Å². The number of sulfone groups is 1. The van der Waals surface area contributed by atoms with Crippen molar-refractivity contribution in [3.05, 3.63) is 59.9 Å². The van der Waals surface area contributed by atoms with E-state index in [-0.39, 0.29) is 17.5 Å². The molecular weight excluding hydrogens is 366 g/mol. The zero-order valence-corrected chi connectivity index (χ0v) is 15.9. The molecule has 3 aromatic rings. The van der Waals surface area contributed by atoms with Gasteiger partial charge < -0.3 is 8.94 Å². The van der Waals surface area contributed by atoms with Gasteiger partial charge in [-0.2, -0.15) is 4.98 Å². The highest BCUT2D eigenvalue weighted by Crippen LogP contribution is 2.23. The van der Waals surface area contributed by atoms with Crippen LogP contribution in [0.3, 0.4) is 0 Å².